The van der Waals surface area contributed by atoms with E-state index in [0.29, 0.717) is 0 Å². The van der Waals surface area contributed by atoms with Gasteiger partial charge in [-0.3, -0.25) is 4.98 Å². The molecular weight excluding hydrogens is 172 g/mol. The van der Waals surface area contributed by atoms with E-state index in [4.69, 9.17) is 0 Å². The zero-order chi connectivity index (χ0) is 9.54. The molecule has 2 nitrogen and oxygen atoms in total. The van der Waals surface area contributed by atoms with Gasteiger partial charge in [-0.25, -0.2) is 0 Å². The van der Waals surface area contributed by atoms with E-state index in [0.717, 1.165) is 5.52 Å². The summed E-state index contributed by atoms with van der Waals surface area (Å²) in [6.45, 7) is 2.12. The smallest absolute Gasteiger partial charge is 0.0496 e. The third-order valence-corrected chi connectivity index (χ3v) is 2.64. The fraction of sp³-hybridized carbons (Fsp3) is 0.0833. The maximum Gasteiger partial charge on any atom is 0.0496 e. The van der Waals surface area contributed by atoms with Gasteiger partial charge in [-0.1, -0.05) is 18.2 Å². The molecular formula is C12H10N2. The minimum Gasteiger partial charge on any atom is -0.354 e. The lowest BCUT2D eigenvalue weighted by Gasteiger charge is -1.93. The lowest BCUT2D eigenvalue weighted by Crippen LogP contribution is -1.73. The van der Waals surface area contributed by atoms with E-state index in [1.54, 1.807) is 0 Å². The van der Waals surface area contributed by atoms with Gasteiger partial charge < -0.3 is 4.98 Å². The summed E-state index contributed by atoms with van der Waals surface area (Å²) in [7, 11) is 0. The highest BCUT2D eigenvalue weighted by atomic mass is 14.7. The van der Waals surface area contributed by atoms with Gasteiger partial charge in [0.25, 0.3) is 0 Å². The molecule has 0 spiro atoms. The number of aromatic nitrogens is 2. The highest BCUT2D eigenvalue weighted by Gasteiger charge is 2.04. The Morgan fingerprint density at radius 2 is 2.07 bits per heavy atom. The summed E-state index contributed by atoms with van der Waals surface area (Å²) in [5, 5.41) is 2.46. The van der Waals surface area contributed by atoms with E-state index in [1.165, 1.54) is 21.9 Å². The number of rotatable bonds is 0. The molecule has 68 valence electrons. The van der Waals surface area contributed by atoms with Gasteiger partial charge in [0.2, 0.25) is 0 Å². The van der Waals surface area contributed by atoms with Crippen LogP contribution >= 0.6 is 0 Å². The Morgan fingerprint density at radius 3 is 3.00 bits per heavy atom. The quantitative estimate of drug-likeness (QED) is 0.568. The zero-order valence-electron chi connectivity index (χ0n) is 7.91. The molecule has 2 heterocycles. The van der Waals surface area contributed by atoms with Gasteiger partial charge in [-0.15, -0.1) is 0 Å². The zero-order valence-corrected chi connectivity index (χ0v) is 7.91. The highest BCUT2D eigenvalue weighted by Crippen LogP contribution is 2.25. The van der Waals surface area contributed by atoms with Crippen LogP contribution < -0.4 is 0 Å². The second kappa shape index (κ2) is 2.58. The standard InChI is InChI=1S/C12H10N2/c1-8-3-2-4-9-10-7-13-6-5-11(10)14-12(8)9/h2-7,14H,1H3. The van der Waals surface area contributed by atoms with Gasteiger partial charge in [0, 0.05) is 34.2 Å². The number of hydrogen-bond acceptors (Lipinski definition) is 1. The molecule has 0 amide bonds. The number of para-hydroxylation sites is 1. The molecule has 0 fully saturated rings. The fourth-order valence-corrected chi connectivity index (χ4v) is 1.91. The number of aryl methyl sites for hydroxylation is 1. The molecule has 0 unspecified atom stereocenters. The number of benzene rings is 1. The molecule has 0 atom stereocenters. The largest absolute Gasteiger partial charge is 0.354 e. The molecule has 3 rings (SSSR count). The lowest BCUT2D eigenvalue weighted by atomic mass is 10.1. The first-order valence-electron chi connectivity index (χ1n) is 4.67. The lowest BCUT2D eigenvalue weighted by molar-refractivity contribution is 1.36. The predicted octanol–water partition coefficient (Wildman–Crippen LogP) is 3.02. The summed E-state index contributed by atoms with van der Waals surface area (Å²) >= 11 is 0. The van der Waals surface area contributed by atoms with Crippen LogP contribution in [0.15, 0.2) is 36.7 Å². The van der Waals surface area contributed by atoms with Crippen LogP contribution in [0.4, 0.5) is 0 Å². The summed E-state index contributed by atoms with van der Waals surface area (Å²) in [5.41, 5.74) is 3.65. The molecule has 3 aromatic rings. The molecule has 0 aliphatic rings. The average Bonchev–Trinajstić information content (AvgIpc) is 2.59. The Bertz CT molecular complexity index is 608. The monoisotopic (exact) mass is 182 g/mol. The SMILES string of the molecule is Cc1cccc2c1[nH]c1ccncc12. The molecule has 0 bridgehead atoms. The van der Waals surface area contributed by atoms with Crippen LogP contribution in [-0.4, -0.2) is 9.97 Å². The first kappa shape index (κ1) is 7.56. The molecule has 0 saturated carbocycles. The first-order chi connectivity index (χ1) is 6.86. The van der Waals surface area contributed by atoms with Gasteiger partial charge in [0.15, 0.2) is 0 Å². The number of nitrogens with one attached hydrogen (secondary N) is 1. The molecule has 14 heavy (non-hydrogen) atoms. The second-order valence-corrected chi connectivity index (χ2v) is 3.54. The van der Waals surface area contributed by atoms with Gasteiger partial charge >= 0.3 is 0 Å². The Labute approximate surface area is 81.6 Å². The topological polar surface area (TPSA) is 28.7 Å². The maximum absolute atomic E-state index is 4.14. The molecule has 0 aliphatic heterocycles. The number of pyridine rings is 1. The minimum absolute atomic E-state index is 1.16. The average molecular weight is 182 g/mol. The number of H-pyrrole nitrogens is 1. The van der Waals surface area contributed by atoms with E-state index in [2.05, 4.69) is 35.1 Å². The van der Waals surface area contributed by atoms with Crippen molar-refractivity contribution in [1.82, 2.24) is 9.97 Å². The van der Waals surface area contributed by atoms with Gasteiger partial charge in [0.1, 0.15) is 0 Å². The van der Waals surface area contributed by atoms with E-state index in [9.17, 15) is 0 Å². The van der Waals surface area contributed by atoms with Gasteiger partial charge in [-0.2, -0.15) is 0 Å². The second-order valence-electron chi connectivity index (χ2n) is 3.54. The van der Waals surface area contributed by atoms with Crippen molar-refractivity contribution in [2.45, 2.75) is 6.92 Å². The van der Waals surface area contributed by atoms with Gasteiger partial charge in [-0.05, 0) is 18.6 Å². The normalized spacial score (nSPS) is 11.2. The Hall–Kier alpha value is -1.83. The molecule has 1 aromatic carbocycles. The van der Waals surface area contributed by atoms with E-state index in [-0.39, 0.29) is 0 Å². The van der Waals surface area contributed by atoms with E-state index < -0.39 is 0 Å². The van der Waals surface area contributed by atoms with Crippen molar-refractivity contribution in [2.75, 3.05) is 0 Å². The van der Waals surface area contributed by atoms with Crippen molar-refractivity contribution < 1.29 is 0 Å². The number of fused-ring (bicyclic) bond motifs is 3. The van der Waals surface area contributed by atoms with Gasteiger partial charge in [0.05, 0.1) is 0 Å². The molecule has 0 radical (unpaired) electrons. The van der Waals surface area contributed by atoms with Crippen LogP contribution in [0.1, 0.15) is 5.56 Å². The van der Waals surface area contributed by atoms with Crippen LogP contribution in [0.3, 0.4) is 0 Å². The molecule has 2 aromatic heterocycles. The minimum atomic E-state index is 1.16. The van der Waals surface area contributed by atoms with Crippen molar-refractivity contribution in [3.63, 3.8) is 0 Å². The summed E-state index contributed by atoms with van der Waals surface area (Å²) in [6.07, 6.45) is 3.72. The van der Waals surface area contributed by atoms with Crippen molar-refractivity contribution in [3.05, 3.63) is 42.2 Å². The van der Waals surface area contributed by atoms with E-state index in [1.807, 2.05) is 18.5 Å². The summed E-state index contributed by atoms with van der Waals surface area (Å²) < 4.78 is 0. The summed E-state index contributed by atoms with van der Waals surface area (Å²) in [6, 6.07) is 8.33. The van der Waals surface area contributed by atoms with Crippen LogP contribution in [0.5, 0.6) is 0 Å². The third kappa shape index (κ3) is 0.880. The number of aromatic amines is 1. The summed E-state index contributed by atoms with van der Waals surface area (Å²) in [4.78, 5) is 7.55. The predicted molar refractivity (Wildman–Crippen MR) is 58.3 cm³/mol. The van der Waals surface area contributed by atoms with Crippen molar-refractivity contribution in [3.8, 4) is 0 Å². The third-order valence-electron chi connectivity index (χ3n) is 2.64. The van der Waals surface area contributed by atoms with E-state index >= 15 is 0 Å². The molecule has 2 heteroatoms. The Balaban J connectivity index is 2.63. The van der Waals surface area contributed by atoms with Crippen molar-refractivity contribution >= 4 is 21.8 Å². The Kier molecular flexibility index (Phi) is 1.39. The molecule has 0 saturated heterocycles. The molecule has 1 N–H and O–H groups in total. The van der Waals surface area contributed by atoms with Crippen molar-refractivity contribution in [1.29, 1.82) is 0 Å². The number of hydrogen-bond donors (Lipinski definition) is 1. The number of nitrogens with zero attached hydrogens (tertiary/aromatic N) is 1. The first-order valence-corrected chi connectivity index (χ1v) is 4.67. The highest BCUT2D eigenvalue weighted by molar-refractivity contribution is 6.07. The van der Waals surface area contributed by atoms with Crippen molar-refractivity contribution in [2.24, 2.45) is 0 Å². The maximum atomic E-state index is 4.14. The fourth-order valence-electron chi connectivity index (χ4n) is 1.91. The molecule has 0 aliphatic carbocycles. The van der Waals surface area contributed by atoms with Crippen LogP contribution in [0.25, 0.3) is 21.8 Å². The summed E-state index contributed by atoms with van der Waals surface area (Å²) in [5.74, 6) is 0. The van der Waals surface area contributed by atoms with Crippen LogP contribution in [0, 0.1) is 6.92 Å². The van der Waals surface area contributed by atoms with Crippen LogP contribution in [0.2, 0.25) is 0 Å². The van der Waals surface area contributed by atoms with Crippen LogP contribution in [-0.2, 0) is 0 Å². The Morgan fingerprint density at radius 1 is 1.14 bits per heavy atom.